The standard InChI is InChI=1S/C21H42O2/c1-2-3-4-5-6-7-8-9-10-11-12-13-14-15-16-17-18-19-20-21(22)23/h17-18,21-23H,2-16,19-20H2,1H3. The molecular formula is C21H42O2. The third-order valence-electron chi connectivity index (χ3n) is 4.48. The lowest BCUT2D eigenvalue weighted by molar-refractivity contribution is -0.0442. The molecule has 2 heteroatoms. The van der Waals surface area contributed by atoms with Crippen molar-refractivity contribution < 1.29 is 10.2 Å². The van der Waals surface area contributed by atoms with Gasteiger partial charge in [0.1, 0.15) is 0 Å². The molecule has 0 saturated carbocycles. The van der Waals surface area contributed by atoms with E-state index >= 15 is 0 Å². The Hall–Kier alpha value is -0.340. The predicted molar refractivity (Wildman–Crippen MR) is 102 cm³/mol. The minimum Gasteiger partial charge on any atom is -0.368 e. The van der Waals surface area contributed by atoms with Crippen LogP contribution < -0.4 is 0 Å². The van der Waals surface area contributed by atoms with Crippen molar-refractivity contribution in [3.05, 3.63) is 12.2 Å². The molecule has 0 aliphatic heterocycles. The molecule has 0 spiro atoms. The van der Waals surface area contributed by atoms with E-state index in [0.717, 1.165) is 12.8 Å². The van der Waals surface area contributed by atoms with Gasteiger partial charge in [-0.05, 0) is 19.3 Å². The predicted octanol–water partition coefficient (Wildman–Crippen LogP) is 6.50. The van der Waals surface area contributed by atoms with Gasteiger partial charge in [0, 0.05) is 6.42 Å². The van der Waals surface area contributed by atoms with Gasteiger partial charge in [0.15, 0.2) is 6.29 Å². The highest BCUT2D eigenvalue weighted by molar-refractivity contribution is 4.81. The van der Waals surface area contributed by atoms with Gasteiger partial charge in [0.2, 0.25) is 0 Å². The fourth-order valence-electron chi connectivity index (χ4n) is 2.94. The normalized spacial score (nSPS) is 11.8. The molecule has 2 N–H and O–H groups in total. The maximum Gasteiger partial charge on any atom is 0.151 e. The fourth-order valence-corrected chi connectivity index (χ4v) is 2.94. The van der Waals surface area contributed by atoms with Gasteiger partial charge in [-0.15, -0.1) is 0 Å². The van der Waals surface area contributed by atoms with E-state index in [1.54, 1.807) is 0 Å². The second-order valence-electron chi connectivity index (χ2n) is 6.91. The summed E-state index contributed by atoms with van der Waals surface area (Å²) in [5.41, 5.74) is 0. The van der Waals surface area contributed by atoms with Crippen LogP contribution in [0.15, 0.2) is 12.2 Å². The summed E-state index contributed by atoms with van der Waals surface area (Å²) in [6, 6.07) is 0. The number of hydrogen-bond donors (Lipinski definition) is 2. The van der Waals surface area contributed by atoms with Gasteiger partial charge in [0.05, 0.1) is 0 Å². The maximum atomic E-state index is 8.71. The van der Waals surface area contributed by atoms with Crippen LogP contribution in [0.25, 0.3) is 0 Å². The van der Waals surface area contributed by atoms with E-state index in [2.05, 4.69) is 19.1 Å². The summed E-state index contributed by atoms with van der Waals surface area (Å²) in [5, 5.41) is 17.4. The summed E-state index contributed by atoms with van der Waals surface area (Å²) < 4.78 is 0. The van der Waals surface area contributed by atoms with Crippen molar-refractivity contribution in [2.45, 2.75) is 122 Å². The highest BCUT2D eigenvalue weighted by Gasteiger charge is 1.94. The maximum absolute atomic E-state index is 8.71. The largest absolute Gasteiger partial charge is 0.368 e. The van der Waals surface area contributed by atoms with E-state index in [0.29, 0.717) is 6.42 Å². The second-order valence-corrected chi connectivity index (χ2v) is 6.91. The van der Waals surface area contributed by atoms with Gasteiger partial charge in [-0.3, -0.25) is 0 Å². The van der Waals surface area contributed by atoms with Gasteiger partial charge >= 0.3 is 0 Å². The van der Waals surface area contributed by atoms with E-state index < -0.39 is 6.29 Å². The number of aliphatic hydroxyl groups excluding tert-OH is 1. The van der Waals surface area contributed by atoms with E-state index in [1.165, 1.54) is 89.9 Å². The average molecular weight is 327 g/mol. The average Bonchev–Trinajstić information content (AvgIpc) is 2.53. The quantitative estimate of drug-likeness (QED) is 0.171. The SMILES string of the molecule is CCCCCCCCCCCCCCCCC=CCCC(O)O. The minimum atomic E-state index is -1.15. The molecule has 0 radical (unpaired) electrons. The number of allylic oxidation sites excluding steroid dienone is 2. The highest BCUT2D eigenvalue weighted by atomic mass is 16.5. The zero-order valence-electron chi connectivity index (χ0n) is 15.6. The van der Waals surface area contributed by atoms with Crippen LogP contribution in [0.4, 0.5) is 0 Å². The monoisotopic (exact) mass is 326 g/mol. The van der Waals surface area contributed by atoms with Crippen LogP contribution in [-0.4, -0.2) is 16.5 Å². The molecule has 0 rings (SSSR count). The third-order valence-corrected chi connectivity index (χ3v) is 4.48. The topological polar surface area (TPSA) is 40.5 Å². The van der Waals surface area contributed by atoms with E-state index in [1.807, 2.05) is 0 Å². The van der Waals surface area contributed by atoms with Crippen LogP contribution in [0, 0.1) is 0 Å². The molecule has 0 fully saturated rings. The summed E-state index contributed by atoms with van der Waals surface area (Å²) in [5.74, 6) is 0. The van der Waals surface area contributed by atoms with Crippen molar-refractivity contribution in [2.75, 3.05) is 0 Å². The van der Waals surface area contributed by atoms with Gasteiger partial charge < -0.3 is 10.2 Å². The van der Waals surface area contributed by atoms with E-state index in [-0.39, 0.29) is 0 Å². The van der Waals surface area contributed by atoms with Crippen molar-refractivity contribution in [3.63, 3.8) is 0 Å². The molecule has 0 saturated heterocycles. The summed E-state index contributed by atoms with van der Waals surface area (Å²) in [4.78, 5) is 0. The molecule has 0 aromatic carbocycles. The summed E-state index contributed by atoms with van der Waals surface area (Å²) >= 11 is 0. The van der Waals surface area contributed by atoms with Gasteiger partial charge in [-0.25, -0.2) is 0 Å². The van der Waals surface area contributed by atoms with Crippen molar-refractivity contribution >= 4 is 0 Å². The van der Waals surface area contributed by atoms with Crippen LogP contribution in [0.3, 0.4) is 0 Å². The molecule has 0 unspecified atom stereocenters. The Bertz CT molecular complexity index is 236. The number of rotatable bonds is 18. The summed E-state index contributed by atoms with van der Waals surface area (Å²) in [6.07, 6.45) is 25.1. The Morgan fingerprint density at radius 3 is 1.39 bits per heavy atom. The zero-order valence-corrected chi connectivity index (χ0v) is 15.6. The first kappa shape index (κ1) is 22.7. The molecule has 0 aliphatic carbocycles. The molecule has 2 nitrogen and oxygen atoms in total. The smallest absolute Gasteiger partial charge is 0.151 e. The number of aliphatic hydroxyl groups is 2. The van der Waals surface area contributed by atoms with Gasteiger partial charge in [0.25, 0.3) is 0 Å². The lowest BCUT2D eigenvalue weighted by Gasteiger charge is -2.03. The first-order valence-electron chi connectivity index (χ1n) is 10.3. The molecule has 0 bridgehead atoms. The lowest BCUT2D eigenvalue weighted by Crippen LogP contribution is -2.01. The van der Waals surface area contributed by atoms with Crippen LogP contribution in [0.1, 0.15) is 116 Å². The van der Waals surface area contributed by atoms with Crippen LogP contribution in [0.2, 0.25) is 0 Å². The van der Waals surface area contributed by atoms with Crippen molar-refractivity contribution in [3.8, 4) is 0 Å². The molecule has 0 aromatic rings. The number of unbranched alkanes of at least 4 members (excludes halogenated alkanes) is 14. The summed E-state index contributed by atoms with van der Waals surface area (Å²) in [7, 11) is 0. The Labute approximate surface area is 145 Å². The minimum absolute atomic E-state index is 0.454. The number of hydrogen-bond acceptors (Lipinski definition) is 2. The molecule has 0 heterocycles. The Morgan fingerprint density at radius 2 is 0.957 bits per heavy atom. The molecular weight excluding hydrogens is 284 g/mol. The Balaban J connectivity index is 3.02. The lowest BCUT2D eigenvalue weighted by atomic mass is 10.0. The first-order chi connectivity index (χ1) is 11.3. The summed E-state index contributed by atoms with van der Waals surface area (Å²) in [6.45, 7) is 2.28. The van der Waals surface area contributed by atoms with Crippen molar-refractivity contribution in [1.82, 2.24) is 0 Å². The van der Waals surface area contributed by atoms with Crippen LogP contribution >= 0.6 is 0 Å². The van der Waals surface area contributed by atoms with Crippen LogP contribution in [-0.2, 0) is 0 Å². The van der Waals surface area contributed by atoms with Gasteiger partial charge in [-0.2, -0.15) is 0 Å². The second kappa shape index (κ2) is 19.7. The van der Waals surface area contributed by atoms with Gasteiger partial charge in [-0.1, -0.05) is 103 Å². The third kappa shape index (κ3) is 21.7. The molecule has 0 aliphatic rings. The first-order valence-corrected chi connectivity index (χ1v) is 10.3. The Kier molecular flexibility index (Phi) is 19.4. The molecule has 138 valence electrons. The molecule has 0 atom stereocenters. The molecule has 23 heavy (non-hydrogen) atoms. The highest BCUT2D eigenvalue weighted by Crippen LogP contribution is 2.13. The zero-order chi connectivity index (χ0) is 17.0. The fraction of sp³-hybridized carbons (Fsp3) is 0.905. The van der Waals surface area contributed by atoms with E-state index in [9.17, 15) is 0 Å². The van der Waals surface area contributed by atoms with E-state index in [4.69, 9.17) is 10.2 Å². The molecule has 0 aromatic heterocycles. The van der Waals surface area contributed by atoms with Crippen LogP contribution in [0.5, 0.6) is 0 Å². The van der Waals surface area contributed by atoms with Crippen molar-refractivity contribution in [1.29, 1.82) is 0 Å². The van der Waals surface area contributed by atoms with Crippen molar-refractivity contribution in [2.24, 2.45) is 0 Å². The molecule has 0 amide bonds. The Morgan fingerprint density at radius 1 is 0.565 bits per heavy atom.